The van der Waals surface area contributed by atoms with Crippen LogP contribution in [-0.2, 0) is 27.4 Å². The van der Waals surface area contributed by atoms with Gasteiger partial charge in [-0.15, -0.1) is 0 Å². The third-order valence-corrected chi connectivity index (χ3v) is 7.90. The first kappa shape index (κ1) is 25.7. The minimum atomic E-state index is -1.13. The van der Waals surface area contributed by atoms with Crippen molar-refractivity contribution in [3.05, 3.63) is 57.6 Å². The maximum absolute atomic E-state index is 13.6. The van der Waals surface area contributed by atoms with E-state index in [2.05, 4.69) is 6.92 Å². The van der Waals surface area contributed by atoms with Crippen LogP contribution in [0.15, 0.2) is 24.3 Å². The van der Waals surface area contributed by atoms with E-state index in [1.165, 1.54) is 0 Å². The zero-order valence-electron chi connectivity index (χ0n) is 22.8. The molecule has 3 aliphatic rings. The average Bonchev–Trinajstić information content (AvgIpc) is 3.43. The third-order valence-electron chi connectivity index (χ3n) is 7.90. The minimum Gasteiger partial charge on any atom is -0.479 e. The Bertz CT molecular complexity index is 1220. The Kier molecular flexibility index (Phi) is 6.57. The van der Waals surface area contributed by atoms with Gasteiger partial charge in [0.25, 0.3) is 0 Å². The lowest BCUT2D eigenvalue weighted by molar-refractivity contribution is -0.160. The number of carboxylic acids is 1. The lowest BCUT2D eigenvalue weighted by Gasteiger charge is -2.34. The van der Waals surface area contributed by atoms with Gasteiger partial charge in [0.05, 0.1) is 17.8 Å². The van der Waals surface area contributed by atoms with Gasteiger partial charge in [0.15, 0.2) is 6.10 Å². The molecule has 2 saturated heterocycles. The normalized spacial score (nSPS) is 21.8. The number of carboxylic acid groups (broad SMARTS) is 1. The van der Waals surface area contributed by atoms with Crippen molar-refractivity contribution >= 4 is 12.0 Å². The number of carbonyl (C=O) groups excluding carboxylic acids is 1. The number of nitrogens with zero attached hydrogens (tertiary/aromatic N) is 2. The highest BCUT2D eigenvalue weighted by molar-refractivity contribution is 5.85. The van der Waals surface area contributed by atoms with Crippen molar-refractivity contribution in [2.45, 2.75) is 91.4 Å². The fourth-order valence-electron chi connectivity index (χ4n) is 6.13. The van der Waals surface area contributed by atoms with Crippen molar-refractivity contribution in [1.82, 2.24) is 9.80 Å². The van der Waals surface area contributed by atoms with Crippen LogP contribution in [0.1, 0.15) is 73.1 Å². The van der Waals surface area contributed by atoms with Crippen LogP contribution >= 0.6 is 0 Å². The van der Waals surface area contributed by atoms with Crippen LogP contribution in [0.5, 0.6) is 0 Å². The molecule has 198 valence electrons. The molecule has 2 fully saturated rings. The molecule has 5 rings (SSSR count). The predicted molar refractivity (Wildman–Crippen MR) is 141 cm³/mol. The topological polar surface area (TPSA) is 79.3 Å². The second kappa shape index (κ2) is 9.44. The number of benzene rings is 2. The summed E-state index contributed by atoms with van der Waals surface area (Å²) in [6.45, 7) is 14.0. The summed E-state index contributed by atoms with van der Waals surface area (Å²) in [4.78, 5) is 30.1. The van der Waals surface area contributed by atoms with Gasteiger partial charge in [-0.05, 0) is 87.8 Å². The molecule has 2 aromatic rings. The number of hydrogen-bond acceptors (Lipinski definition) is 4. The first-order valence-corrected chi connectivity index (χ1v) is 13.2. The number of urea groups is 1. The van der Waals surface area contributed by atoms with Crippen molar-refractivity contribution in [1.29, 1.82) is 0 Å². The maximum atomic E-state index is 13.6. The van der Waals surface area contributed by atoms with Crippen molar-refractivity contribution in [2.75, 3.05) is 13.1 Å². The zero-order chi connectivity index (χ0) is 26.6. The van der Waals surface area contributed by atoms with E-state index in [-0.39, 0.29) is 18.2 Å². The van der Waals surface area contributed by atoms with Crippen LogP contribution in [0.25, 0.3) is 11.1 Å². The summed E-state index contributed by atoms with van der Waals surface area (Å²) in [6.07, 6.45) is 1.18. The van der Waals surface area contributed by atoms with E-state index in [1.807, 2.05) is 68.7 Å². The number of fused-ring (bicyclic) bond motifs is 3. The molecule has 0 aromatic heterocycles. The zero-order valence-corrected chi connectivity index (χ0v) is 22.8. The molecule has 0 aliphatic carbocycles. The summed E-state index contributed by atoms with van der Waals surface area (Å²) >= 11 is 0. The standard InChI is InChI=1S/C30H38N2O5/c1-17-7-9-20(10-8-17)25-18(2)23-15-32(29(35)31-13-21-11-12-22(14-31)36-21)16-24(23)19(3)26(25)27(28(33)34)37-30(4,5)6/h7-10,21-22,27H,11-16H2,1-6H3,(H,33,34). The van der Waals surface area contributed by atoms with Crippen LogP contribution in [0.3, 0.4) is 0 Å². The number of hydrogen-bond donors (Lipinski definition) is 1. The van der Waals surface area contributed by atoms with E-state index in [9.17, 15) is 14.7 Å². The van der Waals surface area contributed by atoms with E-state index in [4.69, 9.17) is 9.47 Å². The SMILES string of the molecule is Cc1ccc(-c2c(C)c3c(c(C)c2C(OC(C)(C)C)C(=O)O)CN(C(=O)N2CC4CCC(C2)O4)C3)cc1. The van der Waals surface area contributed by atoms with Gasteiger partial charge in [-0.2, -0.15) is 0 Å². The van der Waals surface area contributed by atoms with Crippen molar-refractivity contribution < 1.29 is 24.2 Å². The highest BCUT2D eigenvalue weighted by Gasteiger charge is 2.40. The Morgan fingerprint density at radius 2 is 1.51 bits per heavy atom. The van der Waals surface area contributed by atoms with Gasteiger partial charge >= 0.3 is 12.0 Å². The Hall–Kier alpha value is -2.90. The molecule has 7 nitrogen and oxygen atoms in total. The lowest BCUT2D eigenvalue weighted by atomic mass is 9.83. The predicted octanol–water partition coefficient (Wildman–Crippen LogP) is 5.52. The van der Waals surface area contributed by atoms with E-state index in [0.29, 0.717) is 31.7 Å². The monoisotopic (exact) mass is 506 g/mol. The molecule has 2 bridgehead atoms. The molecule has 3 atom stereocenters. The van der Waals surface area contributed by atoms with Crippen LogP contribution in [0.2, 0.25) is 0 Å². The molecule has 7 heteroatoms. The van der Waals surface area contributed by atoms with Gasteiger partial charge < -0.3 is 24.4 Å². The summed E-state index contributed by atoms with van der Waals surface area (Å²) < 4.78 is 12.1. The maximum Gasteiger partial charge on any atom is 0.337 e. The van der Waals surface area contributed by atoms with Crippen LogP contribution in [0.4, 0.5) is 4.79 Å². The number of carbonyl (C=O) groups is 2. The first-order chi connectivity index (χ1) is 17.4. The molecule has 0 spiro atoms. The van der Waals surface area contributed by atoms with Gasteiger partial charge in [-0.25, -0.2) is 9.59 Å². The Balaban J connectivity index is 1.58. The fourth-order valence-corrected chi connectivity index (χ4v) is 6.13. The summed E-state index contributed by atoms with van der Waals surface area (Å²) in [6, 6.07) is 8.22. The van der Waals surface area contributed by atoms with E-state index >= 15 is 0 Å². The summed E-state index contributed by atoms with van der Waals surface area (Å²) in [5, 5.41) is 10.3. The molecule has 3 heterocycles. The molecular weight excluding hydrogens is 468 g/mol. The van der Waals surface area contributed by atoms with Gasteiger partial charge in [0.2, 0.25) is 0 Å². The van der Waals surface area contributed by atoms with E-state index in [1.54, 1.807) is 0 Å². The van der Waals surface area contributed by atoms with Gasteiger partial charge in [0.1, 0.15) is 0 Å². The number of aliphatic carboxylic acids is 1. The van der Waals surface area contributed by atoms with Crippen molar-refractivity contribution in [3.63, 3.8) is 0 Å². The van der Waals surface area contributed by atoms with E-state index in [0.717, 1.165) is 51.8 Å². The summed E-state index contributed by atoms with van der Waals surface area (Å²) in [7, 11) is 0. The second-order valence-electron chi connectivity index (χ2n) is 11.8. The molecule has 37 heavy (non-hydrogen) atoms. The Morgan fingerprint density at radius 1 is 0.946 bits per heavy atom. The molecule has 1 N–H and O–H groups in total. The van der Waals surface area contributed by atoms with Gasteiger partial charge in [-0.3, -0.25) is 0 Å². The number of morpholine rings is 1. The smallest absolute Gasteiger partial charge is 0.337 e. The van der Waals surface area contributed by atoms with Crippen LogP contribution < -0.4 is 0 Å². The molecule has 2 aromatic carbocycles. The van der Waals surface area contributed by atoms with Crippen molar-refractivity contribution in [2.24, 2.45) is 0 Å². The minimum absolute atomic E-state index is 0.0364. The lowest BCUT2D eigenvalue weighted by Crippen LogP contribution is -2.50. The van der Waals surface area contributed by atoms with Crippen LogP contribution in [0, 0.1) is 20.8 Å². The fraction of sp³-hybridized carbons (Fsp3) is 0.533. The number of ether oxygens (including phenoxy) is 2. The highest BCUT2D eigenvalue weighted by Crippen LogP contribution is 2.44. The molecule has 3 unspecified atom stereocenters. The quantitative estimate of drug-likeness (QED) is 0.591. The molecule has 2 amide bonds. The molecule has 0 radical (unpaired) electrons. The molecular formula is C30H38N2O5. The highest BCUT2D eigenvalue weighted by atomic mass is 16.5. The Labute approximate surface area is 219 Å². The number of amides is 2. The number of aryl methyl sites for hydroxylation is 1. The largest absolute Gasteiger partial charge is 0.479 e. The van der Waals surface area contributed by atoms with Crippen LogP contribution in [-0.4, -0.2) is 57.8 Å². The Morgan fingerprint density at radius 3 is 2.05 bits per heavy atom. The summed E-state index contributed by atoms with van der Waals surface area (Å²) in [5.74, 6) is -1.01. The molecule has 3 aliphatic heterocycles. The first-order valence-electron chi connectivity index (χ1n) is 13.2. The van der Waals surface area contributed by atoms with E-state index < -0.39 is 17.7 Å². The molecule has 0 saturated carbocycles. The third kappa shape index (κ3) is 4.87. The van der Waals surface area contributed by atoms with Crippen molar-refractivity contribution in [3.8, 4) is 11.1 Å². The number of rotatable bonds is 4. The number of likely N-dealkylation sites (tertiary alicyclic amines) is 1. The second-order valence-corrected chi connectivity index (χ2v) is 11.8. The van der Waals surface area contributed by atoms with Gasteiger partial charge in [-0.1, -0.05) is 29.8 Å². The van der Waals surface area contributed by atoms with Gasteiger partial charge in [0, 0.05) is 31.7 Å². The summed E-state index contributed by atoms with van der Waals surface area (Å²) in [5.41, 5.74) is 7.08. The average molecular weight is 507 g/mol.